The van der Waals surface area contributed by atoms with Gasteiger partial charge in [-0.3, -0.25) is 9.78 Å². The van der Waals surface area contributed by atoms with Gasteiger partial charge in [-0.2, -0.15) is 5.10 Å². The van der Waals surface area contributed by atoms with Crippen LogP contribution in [0.2, 0.25) is 0 Å². The number of aryl methyl sites for hydroxylation is 1. The molecule has 0 radical (unpaired) electrons. The third-order valence-electron chi connectivity index (χ3n) is 4.79. The van der Waals surface area contributed by atoms with E-state index in [1.54, 1.807) is 16.6 Å². The number of pyridine rings is 1. The number of aromatic nitrogens is 4. The van der Waals surface area contributed by atoms with Gasteiger partial charge in [0.2, 0.25) is 0 Å². The first kappa shape index (κ1) is 19.7. The Labute approximate surface area is 172 Å². The first-order valence-electron chi connectivity index (χ1n) is 9.41. The fraction of sp³-hybridized carbons (Fsp3) is 0.182. The van der Waals surface area contributed by atoms with Crippen molar-refractivity contribution in [2.24, 2.45) is 0 Å². The zero-order valence-corrected chi connectivity index (χ0v) is 16.6. The van der Waals surface area contributed by atoms with Gasteiger partial charge in [-0.1, -0.05) is 36.4 Å². The van der Waals surface area contributed by atoms with Crippen molar-refractivity contribution in [1.82, 2.24) is 19.6 Å². The third-order valence-corrected chi connectivity index (χ3v) is 4.79. The van der Waals surface area contributed by atoms with Gasteiger partial charge in [-0.15, -0.1) is 0 Å². The van der Waals surface area contributed by atoms with Crippen molar-refractivity contribution < 1.29 is 15.0 Å². The number of hydrogen-bond acceptors (Lipinski definition) is 6. The maximum atomic E-state index is 12.7. The number of carbonyl (C=O) groups excluding carboxylic acids is 1. The van der Waals surface area contributed by atoms with Crippen LogP contribution in [0.4, 0.5) is 5.82 Å². The van der Waals surface area contributed by atoms with E-state index in [2.05, 4.69) is 20.4 Å². The van der Waals surface area contributed by atoms with Crippen LogP contribution in [-0.4, -0.2) is 42.3 Å². The summed E-state index contributed by atoms with van der Waals surface area (Å²) in [7, 11) is 0. The monoisotopic (exact) mass is 403 g/mol. The Morgan fingerprint density at radius 1 is 1.17 bits per heavy atom. The molecule has 0 saturated carbocycles. The number of amides is 1. The lowest BCUT2D eigenvalue weighted by atomic mass is 9.99. The summed E-state index contributed by atoms with van der Waals surface area (Å²) in [6, 6.07) is 16.4. The highest BCUT2D eigenvalue weighted by Crippen LogP contribution is 2.24. The Hall–Kier alpha value is -3.62. The molecule has 1 aromatic carbocycles. The summed E-state index contributed by atoms with van der Waals surface area (Å²) in [5, 5.41) is 26.6. The molecule has 8 heteroatoms. The summed E-state index contributed by atoms with van der Waals surface area (Å²) < 4.78 is 1.74. The lowest BCUT2D eigenvalue weighted by Crippen LogP contribution is -2.26. The van der Waals surface area contributed by atoms with E-state index in [0.717, 1.165) is 17.0 Å². The van der Waals surface area contributed by atoms with Crippen LogP contribution in [0.5, 0.6) is 0 Å². The zero-order valence-electron chi connectivity index (χ0n) is 16.6. The summed E-state index contributed by atoms with van der Waals surface area (Å²) in [6.45, 7) is 2.91. The Kier molecular flexibility index (Phi) is 5.03. The Morgan fingerprint density at radius 3 is 2.60 bits per heavy atom. The molecular weight excluding hydrogens is 382 g/mol. The predicted molar refractivity (Wildman–Crippen MR) is 112 cm³/mol. The predicted octanol–water partition coefficient (Wildman–Crippen LogP) is 2.55. The maximum Gasteiger partial charge on any atom is 0.275 e. The zero-order chi connectivity index (χ0) is 21.3. The van der Waals surface area contributed by atoms with Crippen molar-refractivity contribution in [1.29, 1.82) is 0 Å². The van der Waals surface area contributed by atoms with Crippen molar-refractivity contribution in [3.8, 4) is 11.3 Å². The minimum absolute atomic E-state index is 0.167. The number of nitrogens with one attached hydrogen (secondary N) is 1. The van der Waals surface area contributed by atoms with E-state index in [4.69, 9.17) is 0 Å². The average molecular weight is 403 g/mol. The van der Waals surface area contributed by atoms with Gasteiger partial charge in [0.15, 0.2) is 5.65 Å². The molecule has 0 saturated heterocycles. The Morgan fingerprint density at radius 2 is 1.93 bits per heavy atom. The molecule has 0 spiro atoms. The molecule has 0 aliphatic heterocycles. The molecule has 0 unspecified atom stereocenters. The molecule has 0 bridgehead atoms. The standard InChI is InChI=1S/C22H21N5O3/c1-14-10-20-24-19(11-18(27(20)26-14)15-6-4-3-5-7-15)25-21(29)17-9-8-16(12-23-17)22(2,30)13-28/h3-12,28,30H,13H2,1-2H3,(H,24,25,29)/t22-/m1/s1. The fourth-order valence-electron chi connectivity index (χ4n) is 3.09. The lowest BCUT2D eigenvalue weighted by Gasteiger charge is -2.20. The number of aliphatic hydroxyl groups excluding tert-OH is 1. The fourth-order valence-corrected chi connectivity index (χ4v) is 3.09. The Bertz CT molecular complexity index is 1200. The van der Waals surface area contributed by atoms with Crippen LogP contribution in [0.3, 0.4) is 0 Å². The molecule has 30 heavy (non-hydrogen) atoms. The SMILES string of the molecule is Cc1cc2nc(NC(=O)c3ccc([C@](C)(O)CO)cn3)cc(-c3ccccc3)n2n1. The van der Waals surface area contributed by atoms with Gasteiger partial charge < -0.3 is 15.5 Å². The normalized spacial score (nSPS) is 13.2. The highest BCUT2D eigenvalue weighted by atomic mass is 16.3. The molecule has 3 N–H and O–H groups in total. The van der Waals surface area contributed by atoms with Gasteiger partial charge in [0.25, 0.3) is 5.91 Å². The molecule has 152 valence electrons. The number of fused-ring (bicyclic) bond motifs is 1. The molecule has 1 amide bonds. The van der Waals surface area contributed by atoms with E-state index in [1.165, 1.54) is 19.2 Å². The van der Waals surface area contributed by atoms with Crippen molar-refractivity contribution in [3.63, 3.8) is 0 Å². The summed E-state index contributed by atoms with van der Waals surface area (Å²) in [5.74, 6) is -0.0585. The van der Waals surface area contributed by atoms with E-state index in [1.807, 2.05) is 43.3 Å². The van der Waals surface area contributed by atoms with Crippen molar-refractivity contribution in [3.05, 3.63) is 77.7 Å². The number of carbonyl (C=O) groups is 1. The van der Waals surface area contributed by atoms with Crippen LogP contribution in [0, 0.1) is 6.92 Å². The van der Waals surface area contributed by atoms with E-state index >= 15 is 0 Å². The van der Waals surface area contributed by atoms with Gasteiger partial charge in [0.1, 0.15) is 17.1 Å². The van der Waals surface area contributed by atoms with Crippen molar-refractivity contribution in [2.75, 3.05) is 11.9 Å². The van der Waals surface area contributed by atoms with Gasteiger partial charge in [-0.25, -0.2) is 9.50 Å². The molecule has 0 aliphatic carbocycles. The van der Waals surface area contributed by atoms with Gasteiger partial charge in [0, 0.05) is 29.5 Å². The quantitative estimate of drug-likeness (QED) is 0.472. The second kappa shape index (κ2) is 7.66. The van der Waals surface area contributed by atoms with Crippen molar-refractivity contribution >= 4 is 17.4 Å². The molecule has 4 aromatic rings. The minimum Gasteiger partial charge on any atom is -0.393 e. The average Bonchev–Trinajstić information content (AvgIpc) is 3.14. The smallest absolute Gasteiger partial charge is 0.275 e. The molecule has 4 rings (SSSR count). The van der Waals surface area contributed by atoms with Gasteiger partial charge in [0.05, 0.1) is 18.0 Å². The summed E-state index contributed by atoms with van der Waals surface area (Å²) in [5.41, 5.74) is 2.34. The van der Waals surface area contributed by atoms with Crippen LogP contribution in [-0.2, 0) is 5.60 Å². The van der Waals surface area contributed by atoms with Crippen LogP contribution < -0.4 is 5.32 Å². The molecule has 1 atom stereocenters. The number of nitrogens with zero attached hydrogens (tertiary/aromatic N) is 4. The maximum absolute atomic E-state index is 12.7. The van der Waals surface area contributed by atoms with Crippen molar-refractivity contribution in [2.45, 2.75) is 19.4 Å². The first-order chi connectivity index (χ1) is 14.4. The number of anilines is 1. The largest absolute Gasteiger partial charge is 0.393 e. The summed E-state index contributed by atoms with van der Waals surface area (Å²) in [6.07, 6.45) is 1.37. The number of hydrogen-bond donors (Lipinski definition) is 3. The molecule has 8 nitrogen and oxygen atoms in total. The second-order valence-corrected chi connectivity index (χ2v) is 7.27. The molecular formula is C22H21N5O3. The third kappa shape index (κ3) is 3.78. The van der Waals surface area contributed by atoms with Crippen LogP contribution >= 0.6 is 0 Å². The molecule has 3 aromatic heterocycles. The van der Waals surface area contributed by atoms with Gasteiger partial charge in [-0.05, 0) is 19.9 Å². The molecule has 0 aliphatic rings. The topological polar surface area (TPSA) is 113 Å². The number of rotatable bonds is 5. The van der Waals surface area contributed by atoms with Gasteiger partial charge >= 0.3 is 0 Å². The minimum atomic E-state index is -1.42. The number of aliphatic hydroxyl groups is 2. The Balaban J connectivity index is 1.66. The highest BCUT2D eigenvalue weighted by molar-refractivity contribution is 6.02. The van der Waals surface area contributed by atoms with Crippen LogP contribution in [0.1, 0.15) is 28.7 Å². The van der Waals surface area contributed by atoms with Crippen LogP contribution in [0.25, 0.3) is 16.9 Å². The summed E-state index contributed by atoms with van der Waals surface area (Å²) >= 11 is 0. The lowest BCUT2D eigenvalue weighted by molar-refractivity contribution is -0.00257. The molecule has 0 fully saturated rings. The first-order valence-corrected chi connectivity index (χ1v) is 9.41. The number of benzene rings is 1. The second-order valence-electron chi connectivity index (χ2n) is 7.27. The van der Waals surface area contributed by atoms with Crippen LogP contribution in [0.15, 0.2) is 60.8 Å². The van der Waals surface area contributed by atoms with E-state index in [9.17, 15) is 15.0 Å². The van der Waals surface area contributed by atoms with E-state index < -0.39 is 18.1 Å². The van der Waals surface area contributed by atoms with E-state index in [-0.39, 0.29) is 5.69 Å². The van der Waals surface area contributed by atoms with E-state index in [0.29, 0.717) is 17.0 Å². The highest BCUT2D eigenvalue weighted by Gasteiger charge is 2.23. The molecule has 3 heterocycles. The summed E-state index contributed by atoms with van der Waals surface area (Å²) in [4.78, 5) is 21.3.